The Bertz CT molecular complexity index is 1200. The van der Waals surface area contributed by atoms with Crippen LogP contribution in [-0.4, -0.2) is 49.1 Å². The Balaban J connectivity index is 1.36. The van der Waals surface area contributed by atoms with Gasteiger partial charge in [-0.15, -0.1) is 0 Å². The molecule has 1 amide bonds. The van der Waals surface area contributed by atoms with Crippen molar-refractivity contribution in [2.45, 2.75) is 35.3 Å². The minimum atomic E-state index is -4.05. The van der Waals surface area contributed by atoms with Gasteiger partial charge in [0.1, 0.15) is 5.75 Å². The van der Waals surface area contributed by atoms with E-state index in [0.29, 0.717) is 12.4 Å². The van der Waals surface area contributed by atoms with Crippen molar-refractivity contribution >= 4 is 15.7 Å². The van der Waals surface area contributed by atoms with Crippen LogP contribution < -0.4 is 10.2 Å². The van der Waals surface area contributed by atoms with E-state index in [4.69, 9.17) is 14.7 Å². The van der Waals surface area contributed by atoms with Crippen LogP contribution in [0.1, 0.15) is 24.8 Å². The Morgan fingerprint density at radius 1 is 1.09 bits per heavy atom. The predicted molar refractivity (Wildman–Crippen MR) is 126 cm³/mol. The summed E-state index contributed by atoms with van der Waals surface area (Å²) in [6, 6.07) is 16.5. The lowest BCUT2D eigenvalue weighted by molar-refractivity contribution is -0.134. The number of nitrogens with one attached hydrogen (secondary N) is 2. The maximum atomic E-state index is 13.3. The first-order chi connectivity index (χ1) is 16.5. The van der Waals surface area contributed by atoms with E-state index in [-0.39, 0.29) is 31.0 Å². The Morgan fingerprint density at radius 3 is 2.53 bits per heavy atom. The first-order valence-corrected chi connectivity index (χ1v) is 12.7. The third-order valence-corrected chi connectivity index (χ3v) is 8.72. The number of H-pyrrole nitrogens is 1. The molecule has 1 fully saturated rings. The van der Waals surface area contributed by atoms with Crippen molar-refractivity contribution in [3.05, 3.63) is 72.6 Å². The summed E-state index contributed by atoms with van der Waals surface area (Å²) in [6.45, 7) is 0.735. The number of benzene rings is 2. The van der Waals surface area contributed by atoms with Gasteiger partial charge in [-0.1, -0.05) is 24.3 Å². The van der Waals surface area contributed by atoms with Crippen LogP contribution in [0, 0.1) is 0 Å². The Labute approximate surface area is 198 Å². The van der Waals surface area contributed by atoms with Gasteiger partial charge >= 0.3 is 0 Å². The molecule has 1 aliphatic heterocycles. The van der Waals surface area contributed by atoms with Gasteiger partial charge in [0.05, 0.1) is 11.5 Å². The van der Waals surface area contributed by atoms with Crippen LogP contribution in [0.5, 0.6) is 5.75 Å². The Hall–Kier alpha value is -3.14. The number of aromatic amines is 1. The van der Waals surface area contributed by atoms with Gasteiger partial charge in [0.15, 0.2) is 14.6 Å². The molecule has 3 N–H and O–H groups in total. The number of carbonyl (C=O) groups is 1. The minimum Gasteiger partial charge on any atom is -0.494 e. The molecule has 2 heterocycles. The smallest absolute Gasteiger partial charge is 0.265 e. The highest BCUT2D eigenvalue weighted by Crippen LogP contribution is 2.35. The van der Waals surface area contributed by atoms with E-state index in [2.05, 4.69) is 23.2 Å². The predicted octanol–water partition coefficient (Wildman–Crippen LogP) is 3.52. The second-order valence-electron chi connectivity index (χ2n) is 8.27. The minimum absolute atomic E-state index is 0.00641. The third-order valence-electron chi connectivity index (χ3n) is 6.20. The van der Waals surface area contributed by atoms with Gasteiger partial charge < -0.3 is 14.5 Å². The van der Waals surface area contributed by atoms with Gasteiger partial charge in [-0.2, -0.15) is 0 Å². The van der Waals surface area contributed by atoms with E-state index in [0.717, 1.165) is 24.0 Å². The van der Waals surface area contributed by atoms with E-state index in [1.54, 1.807) is 12.1 Å². The number of aryl methyl sites for hydroxylation is 1. The zero-order valence-corrected chi connectivity index (χ0v) is 19.5. The zero-order valence-electron chi connectivity index (χ0n) is 18.7. The fraction of sp³-hybridized carbons (Fsp3) is 0.320. The molecule has 0 bridgehead atoms. The summed E-state index contributed by atoms with van der Waals surface area (Å²) in [6.07, 6.45) is 5.47. The summed E-state index contributed by atoms with van der Waals surface area (Å²) >= 11 is 0. The number of hydrogen-bond acceptors (Lipinski definition) is 6. The Kier molecular flexibility index (Phi) is 7.35. The van der Waals surface area contributed by atoms with Crippen LogP contribution in [0.25, 0.3) is 11.1 Å². The second kappa shape index (κ2) is 10.4. The van der Waals surface area contributed by atoms with Gasteiger partial charge in [-0.25, -0.2) is 13.9 Å². The molecular formula is C25H28N2O6S. The van der Waals surface area contributed by atoms with Crippen LogP contribution in [0.15, 0.2) is 71.9 Å². The molecular weight excluding hydrogens is 456 g/mol. The van der Waals surface area contributed by atoms with E-state index < -0.39 is 20.5 Å². The number of aromatic nitrogens is 1. The lowest BCUT2D eigenvalue weighted by atomic mass is 9.98. The van der Waals surface area contributed by atoms with Gasteiger partial charge in [0.25, 0.3) is 5.91 Å². The molecule has 4 rings (SSSR count). The van der Waals surface area contributed by atoms with Crippen molar-refractivity contribution in [2.24, 2.45) is 0 Å². The van der Waals surface area contributed by atoms with E-state index in [1.165, 1.54) is 23.2 Å². The molecule has 8 nitrogen and oxygen atoms in total. The molecule has 0 saturated carbocycles. The molecule has 34 heavy (non-hydrogen) atoms. The summed E-state index contributed by atoms with van der Waals surface area (Å²) < 4.78 is 35.8. The second-order valence-corrected chi connectivity index (χ2v) is 10.5. The van der Waals surface area contributed by atoms with Crippen molar-refractivity contribution in [1.82, 2.24) is 10.5 Å². The molecule has 0 unspecified atom stereocenters. The number of sulfone groups is 1. The molecule has 180 valence electrons. The van der Waals surface area contributed by atoms with Crippen LogP contribution >= 0.6 is 0 Å². The lowest BCUT2D eigenvalue weighted by Gasteiger charge is -2.34. The van der Waals surface area contributed by atoms with Crippen molar-refractivity contribution < 1.29 is 27.9 Å². The highest BCUT2D eigenvalue weighted by Gasteiger charge is 2.52. The highest BCUT2D eigenvalue weighted by atomic mass is 32.2. The van der Waals surface area contributed by atoms with Gasteiger partial charge in [-0.3, -0.25) is 10.0 Å². The largest absolute Gasteiger partial charge is 0.494 e. The van der Waals surface area contributed by atoms with Gasteiger partial charge in [-0.05, 0) is 72.7 Å². The maximum absolute atomic E-state index is 13.3. The van der Waals surface area contributed by atoms with Gasteiger partial charge in [0.2, 0.25) is 0 Å². The SMILES string of the molecule is O=C(NO)C1(S(=O)(=O)c2ccc(OCCCc3cccc(-c4cc[nH]c4)c3)cc2)CCOCC1. The van der Waals surface area contributed by atoms with Crippen LogP contribution in [-0.2, 0) is 25.8 Å². The lowest BCUT2D eigenvalue weighted by Crippen LogP contribution is -2.54. The molecule has 1 aliphatic rings. The number of amides is 1. The topological polar surface area (TPSA) is 118 Å². The highest BCUT2D eigenvalue weighted by molar-refractivity contribution is 7.93. The number of ether oxygens (including phenoxy) is 2. The summed E-state index contributed by atoms with van der Waals surface area (Å²) in [5.74, 6) is -0.385. The monoisotopic (exact) mass is 484 g/mol. The van der Waals surface area contributed by atoms with Crippen LogP contribution in [0.2, 0.25) is 0 Å². The quantitative estimate of drug-likeness (QED) is 0.243. The fourth-order valence-corrected chi connectivity index (χ4v) is 6.18. The normalized spacial score (nSPS) is 15.6. The molecule has 9 heteroatoms. The molecule has 2 aromatic carbocycles. The number of carbonyl (C=O) groups excluding carboxylic acids is 1. The standard InChI is InChI=1S/C25H28N2O6S/c28-24(27-29)25(11-15-32-16-12-25)34(30,31)23-8-6-22(7-9-23)33-14-2-4-19-3-1-5-20(17-19)21-10-13-26-18-21/h1,3,5-10,13,17-18,26,29H,2,4,11-12,14-16H2,(H,27,28). The summed E-state index contributed by atoms with van der Waals surface area (Å²) in [5.41, 5.74) is 5.04. The molecule has 0 atom stereocenters. The fourth-order valence-electron chi connectivity index (χ4n) is 4.24. The van der Waals surface area contributed by atoms with E-state index in [1.807, 2.05) is 24.5 Å². The number of rotatable bonds is 9. The molecule has 0 spiro atoms. The third kappa shape index (κ3) is 4.86. The number of hydrogen-bond donors (Lipinski definition) is 3. The summed E-state index contributed by atoms with van der Waals surface area (Å²) in [5, 5.41) is 9.15. The maximum Gasteiger partial charge on any atom is 0.265 e. The van der Waals surface area contributed by atoms with E-state index in [9.17, 15) is 13.2 Å². The molecule has 0 aliphatic carbocycles. The van der Waals surface area contributed by atoms with E-state index >= 15 is 0 Å². The first-order valence-electron chi connectivity index (χ1n) is 11.2. The summed E-state index contributed by atoms with van der Waals surface area (Å²) in [4.78, 5) is 15.4. The van der Waals surface area contributed by atoms with Gasteiger partial charge in [0, 0.05) is 25.6 Å². The van der Waals surface area contributed by atoms with Crippen molar-refractivity contribution in [2.75, 3.05) is 19.8 Å². The average molecular weight is 485 g/mol. The molecule has 3 aromatic rings. The van der Waals surface area contributed by atoms with Crippen molar-refractivity contribution in [1.29, 1.82) is 0 Å². The molecule has 1 saturated heterocycles. The summed E-state index contributed by atoms with van der Waals surface area (Å²) in [7, 11) is -4.05. The first kappa shape index (κ1) is 24.0. The van der Waals surface area contributed by atoms with Crippen molar-refractivity contribution in [3.8, 4) is 16.9 Å². The number of hydroxylamine groups is 1. The Morgan fingerprint density at radius 2 is 1.85 bits per heavy atom. The molecule has 1 aromatic heterocycles. The average Bonchev–Trinajstić information content (AvgIpc) is 3.42. The zero-order chi connectivity index (χ0) is 24.0. The van der Waals surface area contributed by atoms with Crippen LogP contribution in [0.3, 0.4) is 0 Å². The van der Waals surface area contributed by atoms with Crippen LogP contribution in [0.4, 0.5) is 0 Å². The van der Waals surface area contributed by atoms with Crippen molar-refractivity contribution in [3.63, 3.8) is 0 Å². The molecule has 0 radical (unpaired) electrons.